The highest BCUT2D eigenvalue weighted by Gasteiger charge is 2.10. The first-order chi connectivity index (χ1) is 13.2. The van der Waals surface area contributed by atoms with Crippen molar-refractivity contribution in [1.82, 2.24) is 0 Å². The number of ether oxygens (including phenoxy) is 2. The summed E-state index contributed by atoms with van der Waals surface area (Å²) < 4.78 is 11.3. The lowest BCUT2D eigenvalue weighted by molar-refractivity contribution is 0.102. The van der Waals surface area contributed by atoms with E-state index in [-0.39, 0.29) is 5.91 Å². The van der Waals surface area contributed by atoms with Crippen molar-refractivity contribution >= 4 is 23.2 Å². The number of halogens is 1. The molecule has 138 valence electrons. The summed E-state index contributed by atoms with van der Waals surface area (Å²) in [5.74, 6) is 1.11. The molecule has 3 aromatic carbocycles. The van der Waals surface area contributed by atoms with Crippen LogP contribution in [0.15, 0.2) is 72.8 Å². The minimum Gasteiger partial charge on any atom is -0.492 e. The topological polar surface area (TPSA) is 47.6 Å². The lowest BCUT2D eigenvalue weighted by atomic mass is 10.2. The van der Waals surface area contributed by atoms with Crippen LogP contribution in [0.3, 0.4) is 0 Å². The van der Waals surface area contributed by atoms with Crippen LogP contribution >= 0.6 is 11.6 Å². The average molecular weight is 382 g/mol. The van der Waals surface area contributed by atoms with Crippen LogP contribution in [0.4, 0.5) is 5.69 Å². The maximum Gasteiger partial charge on any atom is 0.255 e. The van der Waals surface area contributed by atoms with Gasteiger partial charge < -0.3 is 14.8 Å². The van der Waals surface area contributed by atoms with Crippen molar-refractivity contribution in [2.24, 2.45) is 0 Å². The van der Waals surface area contributed by atoms with Gasteiger partial charge in [0.05, 0.1) is 12.3 Å². The van der Waals surface area contributed by atoms with E-state index in [4.69, 9.17) is 21.1 Å². The highest BCUT2D eigenvalue weighted by atomic mass is 35.5. The van der Waals surface area contributed by atoms with E-state index in [1.807, 2.05) is 55.5 Å². The number of anilines is 1. The number of para-hydroxylation sites is 2. The molecule has 3 rings (SSSR count). The molecule has 0 saturated carbocycles. The maximum absolute atomic E-state index is 12.5. The Bertz CT molecular complexity index is 909. The van der Waals surface area contributed by atoms with Gasteiger partial charge >= 0.3 is 0 Å². The molecule has 4 nitrogen and oxygen atoms in total. The van der Waals surface area contributed by atoms with Crippen LogP contribution < -0.4 is 14.8 Å². The van der Waals surface area contributed by atoms with E-state index in [1.54, 1.807) is 24.3 Å². The molecule has 0 saturated heterocycles. The molecule has 0 atom stereocenters. The lowest BCUT2D eigenvalue weighted by Crippen LogP contribution is -2.12. The van der Waals surface area contributed by atoms with Crippen LogP contribution in [0.5, 0.6) is 11.5 Å². The molecule has 27 heavy (non-hydrogen) atoms. The van der Waals surface area contributed by atoms with Gasteiger partial charge in [0.15, 0.2) is 0 Å². The zero-order valence-electron chi connectivity index (χ0n) is 14.9. The molecule has 0 heterocycles. The van der Waals surface area contributed by atoms with E-state index < -0.39 is 0 Å². The SMILES string of the molecule is CCOc1ccccc1NC(=O)c1ccc(OCc2ccccc2Cl)cc1. The molecule has 0 aliphatic heterocycles. The molecule has 0 unspecified atom stereocenters. The normalized spacial score (nSPS) is 10.3. The fourth-order valence-corrected chi connectivity index (χ4v) is 2.72. The van der Waals surface area contributed by atoms with E-state index in [0.717, 1.165) is 5.56 Å². The first-order valence-corrected chi connectivity index (χ1v) is 9.04. The first kappa shape index (κ1) is 18.8. The molecule has 0 bridgehead atoms. The fourth-order valence-electron chi connectivity index (χ4n) is 2.52. The van der Waals surface area contributed by atoms with Crippen LogP contribution in [0.1, 0.15) is 22.8 Å². The van der Waals surface area contributed by atoms with Gasteiger partial charge in [0.25, 0.3) is 5.91 Å². The van der Waals surface area contributed by atoms with E-state index in [9.17, 15) is 4.79 Å². The van der Waals surface area contributed by atoms with E-state index in [2.05, 4.69) is 5.32 Å². The number of hydrogen-bond acceptors (Lipinski definition) is 3. The Morgan fingerprint density at radius 1 is 0.926 bits per heavy atom. The molecule has 0 aliphatic rings. The predicted molar refractivity (Wildman–Crippen MR) is 108 cm³/mol. The maximum atomic E-state index is 12.5. The zero-order chi connectivity index (χ0) is 19.1. The van der Waals surface area contributed by atoms with Crippen molar-refractivity contribution < 1.29 is 14.3 Å². The molecular formula is C22H20ClNO3. The summed E-state index contributed by atoms with van der Waals surface area (Å²) in [6.45, 7) is 2.80. The van der Waals surface area contributed by atoms with Crippen molar-refractivity contribution in [3.63, 3.8) is 0 Å². The van der Waals surface area contributed by atoms with Crippen molar-refractivity contribution in [2.75, 3.05) is 11.9 Å². The van der Waals surface area contributed by atoms with Crippen LogP contribution in [-0.2, 0) is 6.61 Å². The lowest BCUT2D eigenvalue weighted by Gasteiger charge is -2.12. The summed E-state index contributed by atoms with van der Waals surface area (Å²) in [6.07, 6.45) is 0. The summed E-state index contributed by atoms with van der Waals surface area (Å²) in [5.41, 5.74) is 2.09. The third kappa shape index (κ3) is 5.02. The summed E-state index contributed by atoms with van der Waals surface area (Å²) in [7, 11) is 0. The largest absolute Gasteiger partial charge is 0.492 e. The first-order valence-electron chi connectivity index (χ1n) is 8.67. The minimum absolute atomic E-state index is 0.209. The second-order valence-corrected chi connectivity index (χ2v) is 6.19. The summed E-state index contributed by atoms with van der Waals surface area (Å²) in [5, 5.41) is 3.54. The number of benzene rings is 3. The average Bonchev–Trinajstić information content (AvgIpc) is 2.69. The van der Waals surface area contributed by atoms with Gasteiger partial charge in [-0.3, -0.25) is 4.79 Å². The highest BCUT2D eigenvalue weighted by Crippen LogP contribution is 2.25. The molecule has 1 amide bonds. The van der Waals surface area contributed by atoms with Crippen molar-refractivity contribution in [1.29, 1.82) is 0 Å². The molecular weight excluding hydrogens is 362 g/mol. The Kier molecular flexibility index (Phi) is 6.34. The number of carbonyl (C=O) groups excluding carboxylic acids is 1. The van der Waals surface area contributed by atoms with Crippen LogP contribution in [-0.4, -0.2) is 12.5 Å². The van der Waals surface area contributed by atoms with Gasteiger partial charge in [-0.2, -0.15) is 0 Å². The molecule has 0 fully saturated rings. The monoisotopic (exact) mass is 381 g/mol. The zero-order valence-corrected chi connectivity index (χ0v) is 15.7. The standard InChI is InChI=1S/C22H20ClNO3/c1-2-26-21-10-6-5-9-20(21)24-22(25)16-11-13-18(14-12-16)27-15-17-7-3-4-8-19(17)23/h3-14H,2,15H2,1H3,(H,24,25). The molecule has 3 aromatic rings. The molecule has 1 N–H and O–H groups in total. The second-order valence-electron chi connectivity index (χ2n) is 5.79. The van der Waals surface area contributed by atoms with E-state index in [0.29, 0.717) is 41.0 Å². The van der Waals surface area contributed by atoms with Gasteiger partial charge in [0, 0.05) is 16.1 Å². The summed E-state index contributed by atoms with van der Waals surface area (Å²) in [6, 6.07) is 21.9. The molecule has 5 heteroatoms. The summed E-state index contributed by atoms with van der Waals surface area (Å²) in [4.78, 5) is 12.5. The molecule has 0 aliphatic carbocycles. The Balaban J connectivity index is 1.63. The van der Waals surface area contributed by atoms with Crippen molar-refractivity contribution in [2.45, 2.75) is 13.5 Å². The number of nitrogens with one attached hydrogen (secondary N) is 1. The van der Waals surface area contributed by atoms with Gasteiger partial charge in [0.2, 0.25) is 0 Å². The van der Waals surface area contributed by atoms with E-state index >= 15 is 0 Å². The van der Waals surface area contributed by atoms with Crippen molar-refractivity contribution in [3.8, 4) is 11.5 Å². The number of hydrogen-bond donors (Lipinski definition) is 1. The van der Waals surface area contributed by atoms with Crippen LogP contribution in [0, 0.1) is 0 Å². The third-order valence-corrected chi connectivity index (χ3v) is 4.27. The molecule has 0 spiro atoms. The second kappa shape index (κ2) is 9.10. The van der Waals surface area contributed by atoms with Gasteiger partial charge in [0.1, 0.15) is 18.1 Å². The Morgan fingerprint density at radius 2 is 1.63 bits per heavy atom. The van der Waals surface area contributed by atoms with Gasteiger partial charge in [-0.25, -0.2) is 0 Å². The van der Waals surface area contributed by atoms with E-state index in [1.165, 1.54) is 0 Å². The van der Waals surface area contributed by atoms with Crippen molar-refractivity contribution in [3.05, 3.63) is 88.9 Å². The van der Waals surface area contributed by atoms with Gasteiger partial charge in [-0.05, 0) is 49.4 Å². The Hall–Kier alpha value is -2.98. The number of rotatable bonds is 7. The Morgan fingerprint density at radius 3 is 2.37 bits per heavy atom. The quantitative estimate of drug-likeness (QED) is 0.582. The highest BCUT2D eigenvalue weighted by molar-refractivity contribution is 6.31. The number of amides is 1. The predicted octanol–water partition coefficient (Wildman–Crippen LogP) is 5.57. The molecule has 0 radical (unpaired) electrons. The summed E-state index contributed by atoms with van der Waals surface area (Å²) >= 11 is 6.13. The van der Waals surface area contributed by atoms with Crippen LogP contribution in [0.2, 0.25) is 5.02 Å². The minimum atomic E-state index is -0.209. The number of carbonyl (C=O) groups is 1. The smallest absolute Gasteiger partial charge is 0.255 e. The van der Waals surface area contributed by atoms with Gasteiger partial charge in [-0.15, -0.1) is 0 Å². The molecule has 0 aromatic heterocycles. The Labute approximate surface area is 163 Å². The third-order valence-electron chi connectivity index (χ3n) is 3.90. The van der Waals surface area contributed by atoms with Gasteiger partial charge in [-0.1, -0.05) is 41.9 Å². The van der Waals surface area contributed by atoms with Crippen LogP contribution in [0.25, 0.3) is 0 Å². The fraction of sp³-hybridized carbons (Fsp3) is 0.136.